The molecular weight excluding hydrogens is 304 g/mol. The lowest BCUT2D eigenvalue weighted by Gasteiger charge is -1.99. The lowest BCUT2D eigenvalue weighted by Crippen LogP contribution is -2.14. The number of Topliss-reactive ketones (excluding diaryl/α,β-unsaturated/α-hetero) is 2. The topological polar surface area (TPSA) is 71.4 Å². The Labute approximate surface area is 132 Å². The molecular formula is C17H13ClO4. The second-order valence-electron chi connectivity index (χ2n) is 4.10. The minimum Gasteiger partial charge on any atom is -0.477 e. The first kappa shape index (κ1) is 17.3. The zero-order chi connectivity index (χ0) is 16.5. The van der Waals surface area contributed by atoms with Crippen LogP contribution in [0.4, 0.5) is 0 Å². The summed E-state index contributed by atoms with van der Waals surface area (Å²) in [5.41, 5.74) is 0.854. The number of halogens is 1. The van der Waals surface area contributed by atoms with E-state index >= 15 is 0 Å². The van der Waals surface area contributed by atoms with Crippen LogP contribution >= 0.6 is 11.6 Å². The number of ketones is 2. The molecule has 22 heavy (non-hydrogen) atoms. The average Bonchev–Trinajstić information content (AvgIpc) is 2.55. The van der Waals surface area contributed by atoms with Gasteiger partial charge in [0, 0.05) is 11.1 Å². The number of rotatable bonds is 4. The molecule has 0 radical (unpaired) electrons. The number of carboxylic acid groups (broad SMARTS) is 1. The van der Waals surface area contributed by atoms with Crippen LogP contribution in [0, 0.1) is 0 Å². The maximum atomic E-state index is 11.8. The summed E-state index contributed by atoms with van der Waals surface area (Å²) < 4.78 is 0. The molecule has 0 atom stereocenters. The van der Waals surface area contributed by atoms with Crippen LogP contribution in [0.15, 0.2) is 72.3 Å². The van der Waals surface area contributed by atoms with Crippen molar-refractivity contribution in [3.63, 3.8) is 0 Å². The van der Waals surface area contributed by atoms with Crippen LogP contribution in [0.1, 0.15) is 20.7 Å². The summed E-state index contributed by atoms with van der Waals surface area (Å²) in [6.45, 7) is 2.92. The fraction of sp³-hybridized carbons (Fsp3) is 0. The molecule has 0 aliphatic carbocycles. The van der Waals surface area contributed by atoms with Crippen LogP contribution in [0.5, 0.6) is 0 Å². The summed E-state index contributed by atoms with van der Waals surface area (Å²) in [4.78, 5) is 33.1. The summed E-state index contributed by atoms with van der Waals surface area (Å²) in [5, 5.41) is 7.41. The van der Waals surface area contributed by atoms with Gasteiger partial charge in [0.2, 0.25) is 11.6 Å². The molecule has 0 spiro atoms. The lowest BCUT2D eigenvalue weighted by molar-refractivity contribution is -0.131. The second kappa shape index (κ2) is 8.54. The second-order valence-corrected chi connectivity index (χ2v) is 4.56. The third-order valence-corrected chi connectivity index (χ3v) is 2.67. The Morgan fingerprint density at radius 1 is 0.773 bits per heavy atom. The van der Waals surface area contributed by atoms with Gasteiger partial charge in [-0.05, 0) is 0 Å². The molecule has 0 aliphatic heterocycles. The lowest BCUT2D eigenvalue weighted by atomic mass is 10.0. The largest absolute Gasteiger partial charge is 0.477 e. The van der Waals surface area contributed by atoms with Crippen LogP contribution in [-0.4, -0.2) is 22.6 Å². The number of carbonyl (C=O) groups is 3. The molecule has 0 fully saturated rings. The zero-order valence-electron chi connectivity index (χ0n) is 11.5. The molecule has 2 aromatic carbocycles. The van der Waals surface area contributed by atoms with Crippen molar-refractivity contribution in [2.24, 2.45) is 0 Å². The van der Waals surface area contributed by atoms with Crippen LogP contribution in [0.3, 0.4) is 0 Å². The highest BCUT2D eigenvalue weighted by Gasteiger charge is 2.16. The van der Waals surface area contributed by atoms with Crippen LogP contribution in [-0.2, 0) is 4.79 Å². The molecule has 0 amide bonds. The minimum atomic E-state index is -1.17. The van der Waals surface area contributed by atoms with Crippen molar-refractivity contribution >= 4 is 29.1 Å². The third-order valence-electron chi connectivity index (χ3n) is 2.51. The van der Waals surface area contributed by atoms with Gasteiger partial charge in [-0.3, -0.25) is 9.59 Å². The van der Waals surface area contributed by atoms with Gasteiger partial charge in [0.25, 0.3) is 0 Å². The number of carbonyl (C=O) groups excluding carboxylic acids is 2. The van der Waals surface area contributed by atoms with Crippen LogP contribution in [0.25, 0.3) is 0 Å². The van der Waals surface area contributed by atoms with Crippen molar-refractivity contribution in [2.75, 3.05) is 0 Å². The zero-order valence-corrected chi connectivity index (χ0v) is 12.3. The van der Waals surface area contributed by atoms with Gasteiger partial charge in [-0.15, -0.1) is 0 Å². The van der Waals surface area contributed by atoms with E-state index < -0.39 is 17.5 Å². The number of hydrogen-bond donors (Lipinski definition) is 1. The maximum Gasteiger partial charge on any atom is 0.346 e. The van der Waals surface area contributed by atoms with E-state index in [9.17, 15) is 14.4 Å². The maximum absolute atomic E-state index is 11.8. The Bertz CT molecular complexity index is 617. The first-order valence-corrected chi connectivity index (χ1v) is 6.58. The van der Waals surface area contributed by atoms with Crippen LogP contribution < -0.4 is 0 Å². The van der Waals surface area contributed by atoms with E-state index in [0.29, 0.717) is 11.1 Å². The van der Waals surface area contributed by atoms with E-state index in [1.54, 1.807) is 48.5 Å². The number of aliphatic carboxylic acids is 1. The molecule has 0 heterocycles. The van der Waals surface area contributed by atoms with Gasteiger partial charge >= 0.3 is 5.97 Å². The minimum absolute atomic E-state index is 0.352. The van der Waals surface area contributed by atoms with Gasteiger partial charge in [0.05, 0.1) is 0 Å². The van der Waals surface area contributed by atoms with Gasteiger partial charge in [0.15, 0.2) is 0 Å². The van der Waals surface area contributed by atoms with Gasteiger partial charge in [0.1, 0.15) is 5.03 Å². The molecule has 1 N–H and O–H groups in total. The third kappa shape index (κ3) is 5.34. The van der Waals surface area contributed by atoms with Gasteiger partial charge < -0.3 is 5.11 Å². The highest BCUT2D eigenvalue weighted by molar-refractivity contribution is 6.49. The molecule has 0 aromatic heterocycles. The highest BCUT2D eigenvalue weighted by Crippen LogP contribution is 2.07. The standard InChI is InChI=1S/C14H10O2.C3H3ClO2/c15-13(11-7-3-1-4-8-11)14(16)12-9-5-2-6-10-12;1-2(4)3(5)6/h1-10H;1H2,(H,5,6). The molecule has 0 saturated heterocycles. The molecule has 0 saturated carbocycles. The number of hydrogen-bond acceptors (Lipinski definition) is 3. The van der Waals surface area contributed by atoms with E-state index in [1.807, 2.05) is 12.1 Å². The van der Waals surface area contributed by atoms with Gasteiger partial charge in [-0.25, -0.2) is 4.79 Å². The molecule has 2 rings (SSSR count). The van der Waals surface area contributed by atoms with E-state index in [1.165, 1.54) is 0 Å². The molecule has 5 heteroatoms. The monoisotopic (exact) mass is 316 g/mol. The molecule has 4 nitrogen and oxygen atoms in total. The van der Waals surface area contributed by atoms with Crippen molar-refractivity contribution in [3.8, 4) is 0 Å². The SMILES string of the molecule is C=C(Cl)C(=O)O.O=C(C(=O)c1ccccc1)c1ccccc1. The van der Waals surface area contributed by atoms with Gasteiger partial charge in [-0.2, -0.15) is 0 Å². The normalized spacial score (nSPS) is 9.14. The van der Waals surface area contributed by atoms with Crippen LogP contribution in [0.2, 0.25) is 0 Å². The van der Waals surface area contributed by atoms with E-state index in [-0.39, 0.29) is 5.03 Å². The Morgan fingerprint density at radius 2 is 1.05 bits per heavy atom. The predicted molar refractivity (Wildman–Crippen MR) is 84.2 cm³/mol. The summed E-state index contributed by atoms with van der Waals surface area (Å²) in [6, 6.07) is 17.2. The number of benzene rings is 2. The summed E-state index contributed by atoms with van der Waals surface area (Å²) in [7, 11) is 0. The van der Waals surface area contributed by atoms with Crippen molar-refractivity contribution in [2.45, 2.75) is 0 Å². The summed E-state index contributed by atoms with van der Waals surface area (Å²) in [5.74, 6) is -2.10. The number of carboxylic acids is 1. The van der Waals surface area contributed by atoms with E-state index in [0.717, 1.165) is 0 Å². The Hall–Kier alpha value is -2.72. The van der Waals surface area contributed by atoms with E-state index in [4.69, 9.17) is 16.7 Å². The molecule has 112 valence electrons. The fourth-order valence-electron chi connectivity index (χ4n) is 1.44. The van der Waals surface area contributed by atoms with Gasteiger partial charge in [-0.1, -0.05) is 78.8 Å². The summed E-state index contributed by atoms with van der Waals surface area (Å²) >= 11 is 4.82. The highest BCUT2D eigenvalue weighted by atomic mass is 35.5. The predicted octanol–water partition coefficient (Wildman–Crippen LogP) is 3.58. The molecule has 0 unspecified atom stereocenters. The molecule has 0 aliphatic rings. The first-order valence-electron chi connectivity index (χ1n) is 6.20. The Morgan fingerprint density at radius 3 is 1.27 bits per heavy atom. The van der Waals surface area contributed by atoms with E-state index in [2.05, 4.69) is 6.58 Å². The average molecular weight is 317 g/mol. The quantitative estimate of drug-likeness (QED) is 0.531. The van der Waals surface area contributed by atoms with Crippen molar-refractivity contribution in [3.05, 3.63) is 83.4 Å². The molecule has 2 aromatic rings. The summed E-state index contributed by atoms with van der Waals surface area (Å²) in [6.07, 6.45) is 0. The van der Waals surface area contributed by atoms with Crippen molar-refractivity contribution in [1.29, 1.82) is 0 Å². The van der Waals surface area contributed by atoms with Crippen molar-refractivity contribution in [1.82, 2.24) is 0 Å². The Balaban J connectivity index is 0.000000346. The smallest absolute Gasteiger partial charge is 0.346 e. The molecule has 0 bridgehead atoms. The first-order chi connectivity index (χ1) is 10.4. The Kier molecular flexibility index (Phi) is 6.73. The van der Waals surface area contributed by atoms with Crippen molar-refractivity contribution < 1.29 is 19.5 Å². The fourth-order valence-corrected chi connectivity index (χ4v) is 1.44.